The fraction of sp³-hybridized carbons (Fsp3) is 0.583. The van der Waals surface area contributed by atoms with Gasteiger partial charge in [-0.05, 0) is 37.9 Å². The number of carbonyl (C=O) groups is 1. The molecule has 90 valence electrons. The summed E-state index contributed by atoms with van der Waals surface area (Å²) in [5.41, 5.74) is 5.45. The highest BCUT2D eigenvalue weighted by Crippen LogP contribution is 2.17. The molecule has 0 fully saturated rings. The zero-order valence-corrected chi connectivity index (χ0v) is 10.6. The van der Waals surface area contributed by atoms with Gasteiger partial charge in [-0.25, -0.2) is 0 Å². The lowest BCUT2D eigenvalue weighted by Gasteiger charge is -2.01. The molecule has 3 nitrogen and oxygen atoms in total. The van der Waals surface area contributed by atoms with Crippen LogP contribution in [0.2, 0.25) is 0 Å². The molecule has 0 atom stereocenters. The van der Waals surface area contributed by atoms with Crippen molar-refractivity contribution < 1.29 is 4.79 Å². The molecule has 3 N–H and O–H groups in total. The quantitative estimate of drug-likeness (QED) is 0.718. The van der Waals surface area contributed by atoms with Gasteiger partial charge in [0.25, 0.3) is 5.91 Å². The SMILES string of the molecule is CCCCNC(=O)c1ccc(CCCN)s1. The van der Waals surface area contributed by atoms with Gasteiger partial charge in [-0.3, -0.25) is 4.79 Å². The number of unbranched alkanes of at least 4 members (excludes halogenated alkanes) is 1. The van der Waals surface area contributed by atoms with E-state index in [9.17, 15) is 4.79 Å². The predicted molar refractivity (Wildman–Crippen MR) is 68.9 cm³/mol. The van der Waals surface area contributed by atoms with Gasteiger partial charge in [-0.2, -0.15) is 0 Å². The van der Waals surface area contributed by atoms with Crippen LogP contribution in [0.3, 0.4) is 0 Å². The molecular formula is C12H20N2OS. The first-order valence-electron chi connectivity index (χ1n) is 5.85. The van der Waals surface area contributed by atoms with E-state index in [1.165, 1.54) is 4.88 Å². The molecule has 16 heavy (non-hydrogen) atoms. The van der Waals surface area contributed by atoms with Gasteiger partial charge < -0.3 is 11.1 Å². The molecule has 4 heteroatoms. The maximum atomic E-state index is 11.7. The summed E-state index contributed by atoms with van der Waals surface area (Å²) >= 11 is 1.57. The third-order valence-corrected chi connectivity index (χ3v) is 3.47. The van der Waals surface area contributed by atoms with Crippen molar-refractivity contribution in [3.8, 4) is 0 Å². The monoisotopic (exact) mass is 240 g/mol. The van der Waals surface area contributed by atoms with Gasteiger partial charge in [0.15, 0.2) is 0 Å². The van der Waals surface area contributed by atoms with E-state index in [2.05, 4.69) is 12.2 Å². The van der Waals surface area contributed by atoms with Gasteiger partial charge in [-0.15, -0.1) is 11.3 Å². The van der Waals surface area contributed by atoms with Crippen LogP contribution >= 0.6 is 11.3 Å². The van der Waals surface area contributed by atoms with Gasteiger partial charge in [-0.1, -0.05) is 13.3 Å². The Morgan fingerprint density at radius 3 is 2.94 bits per heavy atom. The smallest absolute Gasteiger partial charge is 0.261 e. The molecule has 1 heterocycles. The molecule has 1 rings (SSSR count). The van der Waals surface area contributed by atoms with Gasteiger partial charge in [0, 0.05) is 11.4 Å². The third kappa shape index (κ3) is 4.33. The van der Waals surface area contributed by atoms with Crippen molar-refractivity contribution in [3.05, 3.63) is 21.9 Å². The Morgan fingerprint density at radius 2 is 2.25 bits per heavy atom. The predicted octanol–water partition coefficient (Wildman–Crippen LogP) is 2.17. The highest BCUT2D eigenvalue weighted by atomic mass is 32.1. The van der Waals surface area contributed by atoms with E-state index in [0.29, 0.717) is 6.54 Å². The number of nitrogens with one attached hydrogen (secondary N) is 1. The zero-order valence-electron chi connectivity index (χ0n) is 9.79. The van der Waals surface area contributed by atoms with Gasteiger partial charge in [0.05, 0.1) is 4.88 Å². The molecule has 0 aliphatic heterocycles. The van der Waals surface area contributed by atoms with Crippen molar-refractivity contribution >= 4 is 17.2 Å². The van der Waals surface area contributed by atoms with Crippen LogP contribution in [-0.4, -0.2) is 19.0 Å². The average Bonchev–Trinajstić information content (AvgIpc) is 2.75. The molecule has 0 unspecified atom stereocenters. The molecule has 0 saturated heterocycles. The lowest BCUT2D eigenvalue weighted by molar-refractivity contribution is 0.0957. The van der Waals surface area contributed by atoms with E-state index < -0.39 is 0 Å². The van der Waals surface area contributed by atoms with Crippen molar-refractivity contribution in [2.45, 2.75) is 32.6 Å². The van der Waals surface area contributed by atoms with E-state index in [-0.39, 0.29) is 5.91 Å². The summed E-state index contributed by atoms with van der Waals surface area (Å²) in [6, 6.07) is 3.92. The fourth-order valence-electron chi connectivity index (χ4n) is 1.38. The van der Waals surface area contributed by atoms with Crippen LogP contribution in [0.25, 0.3) is 0 Å². The number of hydrogen-bond acceptors (Lipinski definition) is 3. The number of carbonyl (C=O) groups excluding carboxylic acids is 1. The number of rotatable bonds is 7. The topological polar surface area (TPSA) is 55.1 Å². The molecule has 0 saturated carbocycles. The van der Waals surface area contributed by atoms with Crippen LogP contribution in [0.5, 0.6) is 0 Å². The van der Waals surface area contributed by atoms with Crippen LogP contribution in [0.15, 0.2) is 12.1 Å². The average molecular weight is 240 g/mol. The summed E-state index contributed by atoms with van der Waals surface area (Å²) in [6.07, 6.45) is 4.10. The molecule has 1 amide bonds. The van der Waals surface area contributed by atoms with Crippen molar-refractivity contribution in [1.29, 1.82) is 0 Å². The summed E-state index contributed by atoms with van der Waals surface area (Å²) in [7, 11) is 0. The first-order chi connectivity index (χ1) is 7.77. The Labute approximate surface area is 101 Å². The van der Waals surface area contributed by atoms with Crippen molar-refractivity contribution in [2.24, 2.45) is 5.73 Å². The minimum Gasteiger partial charge on any atom is -0.351 e. The molecule has 0 spiro atoms. The Kier molecular flexibility index (Phi) is 6.11. The minimum absolute atomic E-state index is 0.0532. The van der Waals surface area contributed by atoms with Gasteiger partial charge in [0.1, 0.15) is 0 Å². The standard InChI is InChI=1S/C12H20N2OS/c1-2-3-9-14-12(15)11-7-6-10(16-11)5-4-8-13/h6-7H,2-5,8-9,13H2,1H3,(H,14,15). The maximum Gasteiger partial charge on any atom is 0.261 e. The minimum atomic E-state index is 0.0532. The van der Waals surface area contributed by atoms with E-state index in [1.807, 2.05) is 12.1 Å². The Hall–Kier alpha value is -0.870. The Morgan fingerprint density at radius 1 is 1.44 bits per heavy atom. The Bertz CT molecular complexity index is 323. The van der Waals surface area contributed by atoms with E-state index in [1.54, 1.807) is 11.3 Å². The second-order valence-corrected chi connectivity index (χ2v) is 4.94. The summed E-state index contributed by atoms with van der Waals surface area (Å²) in [5, 5.41) is 2.92. The van der Waals surface area contributed by atoms with E-state index >= 15 is 0 Å². The molecule has 1 aromatic heterocycles. The molecule has 0 aliphatic carbocycles. The highest BCUT2D eigenvalue weighted by molar-refractivity contribution is 7.14. The van der Waals surface area contributed by atoms with Crippen LogP contribution in [0.1, 0.15) is 40.7 Å². The van der Waals surface area contributed by atoms with E-state index in [0.717, 1.165) is 37.1 Å². The largest absolute Gasteiger partial charge is 0.351 e. The molecule has 0 aromatic carbocycles. The maximum absolute atomic E-state index is 11.7. The van der Waals surface area contributed by atoms with Crippen LogP contribution < -0.4 is 11.1 Å². The number of nitrogens with two attached hydrogens (primary N) is 1. The van der Waals surface area contributed by atoms with Gasteiger partial charge >= 0.3 is 0 Å². The number of aryl methyl sites for hydroxylation is 1. The van der Waals surface area contributed by atoms with Crippen LogP contribution in [-0.2, 0) is 6.42 Å². The second-order valence-electron chi connectivity index (χ2n) is 3.77. The normalized spacial score (nSPS) is 10.4. The van der Waals surface area contributed by atoms with Gasteiger partial charge in [0.2, 0.25) is 0 Å². The fourth-order valence-corrected chi connectivity index (χ4v) is 2.34. The number of thiophene rings is 1. The molecular weight excluding hydrogens is 220 g/mol. The summed E-state index contributed by atoms with van der Waals surface area (Å²) in [6.45, 7) is 3.59. The van der Waals surface area contributed by atoms with Crippen molar-refractivity contribution in [1.82, 2.24) is 5.32 Å². The third-order valence-electron chi connectivity index (χ3n) is 2.33. The van der Waals surface area contributed by atoms with Crippen LogP contribution in [0.4, 0.5) is 0 Å². The Balaban J connectivity index is 2.40. The molecule has 0 radical (unpaired) electrons. The summed E-state index contributed by atoms with van der Waals surface area (Å²) < 4.78 is 0. The lowest BCUT2D eigenvalue weighted by atomic mass is 10.2. The molecule has 0 bridgehead atoms. The first-order valence-corrected chi connectivity index (χ1v) is 6.66. The van der Waals surface area contributed by atoms with Crippen molar-refractivity contribution in [3.63, 3.8) is 0 Å². The highest BCUT2D eigenvalue weighted by Gasteiger charge is 2.07. The first kappa shape index (κ1) is 13.2. The zero-order chi connectivity index (χ0) is 11.8. The lowest BCUT2D eigenvalue weighted by Crippen LogP contribution is -2.23. The molecule has 1 aromatic rings. The number of hydrogen-bond donors (Lipinski definition) is 2. The van der Waals surface area contributed by atoms with E-state index in [4.69, 9.17) is 5.73 Å². The second kappa shape index (κ2) is 7.41. The number of amides is 1. The summed E-state index contributed by atoms with van der Waals surface area (Å²) in [5.74, 6) is 0.0532. The summed E-state index contributed by atoms with van der Waals surface area (Å²) in [4.78, 5) is 13.7. The molecule has 0 aliphatic rings. The van der Waals surface area contributed by atoms with Crippen LogP contribution in [0, 0.1) is 0 Å². The van der Waals surface area contributed by atoms with Crippen molar-refractivity contribution in [2.75, 3.05) is 13.1 Å².